The van der Waals surface area contributed by atoms with E-state index in [9.17, 15) is 0 Å². The molecule has 0 saturated heterocycles. The van der Waals surface area contributed by atoms with Crippen LogP contribution in [-0.4, -0.2) is 19.6 Å². The molecule has 0 bridgehead atoms. The molecule has 0 unspecified atom stereocenters. The molecular formula is C13H15OS+. The molecule has 0 N–H and O–H groups in total. The SMILES string of the molecule is COc1ccc2ccccc2c1[S+](C)C. The zero-order valence-corrected chi connectivity index (χ0v) is 10.1. The second-order valence-corrected chi connectivity index (χ2v) is 5.68. The topological polar surface area (TPSA) is 9.23 Å². The van der Waals surface area contributed by atoms with Gasteiger partial charge in [0.25, 0.3) is 0 Å². The van der Waals surface area contributed by atoms with Crippen molar-refractivity contribution in [2.75, 3.05) is 19.6 Å². The van der Waals surface area contributed by atoms with E-state index in [1.807, 2.05) is 0 Å². The fraction of sp³-hybridized carbons (Fsp3) is 0.231. The van der Waals surface area contributed by atoms with Crippen LogP contribution in [0.2, 0.25) is 0 Å². The summed E-state index contributed by atoms with van der Waals surface area (Å²) in [5.41, 5.74) is 0. The smallest absolute Gasteiger partial charge is 0.204 e. The van der Waals surface area contributed by atoms with Gasteiger partial charge < -0.3 is 4.74 Å². The minimum Gasteiger partial charge on any atom is -0.492 e. The summed E-state index contributed by atoms with van der Waals surface area (Å²) >= 11 is 0. The van der Waals surface area contributed by atoms with Crippen LogP contribution in [0.5, 0.6) is 5.75 Å². The molecule has 2 heteroatoms. The van der Waals surface area contributed by atoms with Gasteiger partial charge >= 0.3 is 0 Å². The molecule has 0 aliphatic heterocycles. The first-order valence-electron chi connectivity index (χ1n) is 4.87. The van der Waals surface area contributed by atoms with Gasteiger partial charge in [0.05, 0.1) is 7.11 Å². The molecule has 0 atom stereocenters. The van der Waals surface area contributed by atoms with Gasteiger partial charge in [-0.1, -0.05) is 24.3 Å². The highest BCUT2D eigenvalue weighted by Gasteiger charge is 2.19. The van der Waals surface area contributed by atoms with Gasteiger partial charge in [0, 0.05) is 16.3 Å². The third-order valence-electron chi connectivity index (χ3n) is 2.47. The van der Waals surface area contributed by atoms with E-state index in [0.29, 0.717) is 0 Å². The summed E-state index contributed by atoms with van der Waals surface area (Å²) in [5.74, 6) is 1.00. The monoisotopic (exact) mass is 219 g/mol. The summed E-state index contributed by atoms with van der Waals surface area (Å²) in [7, 11) is 1.95. The van der Waals surface area contributed by atoms with Crippen LogP contribution < -0.4 is 4.74 Å². The average molecular weight is 219 g/mol. The number of fused-ring (bicyclic) bond motifs is 1. The third-order valence-corrected chi connectivity index (χ3v) is 3.71. The van der Waals surface area contributed by atoms with Gasteiger partial charge in [-0.05, 0) is 17.5 Å². The van der Waals surface area contributed by atoms with Crippen LogP contribution in [0.4, 0.5) is 0 Å². The highest BCUT2D eigenvalue weighted by molar-refractivity contribution is 7.95. The van der Waals surface area contributed by atoms with Crippen LogP contribution in [0.3, 0.4) is 0 Å². The van der Waals surface area contributed by atoms with Crippen molar-refractivity contribution in [3.8, 4) is 5.75 Å². The van der Waals surface area contributed by atoms with Gasteiger partial charge in [0.2, 0.25) is 4.90 Å². The van der Waals surface area contributed by atoms with E-state index in [2.05, 4.69) is 48.9 Å². The van der Waals surface area contributed by atoms with Crippen LogP contribution in [0.1, 0.15) is 0 Å². The minimum absolute atomic E-state index is 0.210. The molecule has 2 aromatic rings. The van der Waals surface area contributed by atoms with Crippen molar-refractivity contribution in [1.29, 1.82) is 0 Å². The van der Waals surface area contributed by atoms with Crippen molar-refractivity contribution in [2.24, 2.45) is 0 Å². The summed E-state index contributed by atoms with van der Waals surface area (Å²) in [6.45, 7) is 0. The van der Waals surface area contributed by atoms with Crippen molar-refractivity contribution >= 4 is 21.7 Å². The van der Waals surface area contributed by atoms with Gasteiger partial charge in [-0.3, -0.25) is 0 Å². The highest BCUT2D eigenvalue weighted by atomic mass is 32.2. The van der Waals surface area contributed by atoms with Gasteiger partial charge in [-0.25, -0.2) is 0 Å². The Kier molecular flexibility index (Phi) is 2.87. The van der Waals surface area contributed by atoms with Crippen LogP contribution in [-0.2, 0) is 10.9 Å². The first-order valence-corrected chi connectivity index (χ1v) is 6.91. The van der Waals surface area contributed by atoms with E-state index in [0.717, 1.165) is 5.75 Å². The Morgan fingerprint density at radius 2 is 1.73 bits per heavy atom. The van der Waals surface area contributed by atoms with Crippen LogP contribution in [0.15, 0.2) is 41.3 Å². The molecule has 0 spiro atoms. The van der Waals surface area contributed by atoms with Crippen LogP contribution in [0, 0.1) is 0 Å². The van der Waals surface area contributed by atoms with Crippen molar-refractivity contribution in [2.45, 2.75) is 4.90 Å². The quantitative estimate of drug-likeness (QED) is 0.705. The zero-order valence-electron chi connectivity index (χ0n) is 9.28. The normalized spacial score (nSPS) is 10.9. The van der Waals surface area contributed by atoms with Crippen molar-refractivity contribution in [3.63, 3.8) is 0 Å². The molecule has 0 aliphatic carbocycles. The second-order valence-electron chi connectivity index (χ2n) is 3.63. The van der Waals surface area contributed by atoms with E-state index in [1.54, 1.807) is 7.11 Å². The maximum atomic E-state index is 5.42. The summed E-state index contributed by atoms with van der Waals surface area (Å²) in [6, 6.07) is 12.6. The Hall–Kier alpha value is -1.15. The Bertz CT molecular complexity index is 477. The van der Waals surface area contributed by atoms with E-state index in [4.69, 9.17) is 4.74 Å². The Morgan fingerprint density at radius 1 is 1.00 bits per heavy atom. The molecule has 0 aliphatic rings. The molecule has 0 heterocycles. The number of rotatable bonds is 2. The van der Waals surface area contributed by atoms with Crippen molar-refractivity contribution in [3.05, 3.63) is 36.4 Å². The fourth-order valence-electron chi connectivity index (χ4n) is 1.80. The third kappa shape index (κ3) is 1.82. The molecular weight excluding hydrogens is 204 g/mol. The van der Waals surface area contributed by atoms with Crippen LogP contribution >= 0.6 is 0 Å². The standard InChI is InChI=1S/C13H15OS/c1-14-12-9-8-10-6-4-5-7-11(10)13(12)15(2)3/h4-9H,1-3H3/q+1. The van der Waals surface area contributed by atoms with E-state index in [1.165, 1.54) is 15.7 Å². The molecule has 1 nitrogen and oxygen atoms in total. The summed E-state index contributed by atoms with van der Waals surface area (Å²) in [5, 5.41) is 2.60. The molecule has 0 fully saturated rings. The number of hydrogen-bond acceptors (Lipinski definition) is 1. The van der Waals surface area contributed by atoms with E-state index < -0.39 is 0 Å². The predicted molar refractivity (Wildman–Crippen MR) is 68.0 cm³/mol. The zero-order chi connectivity index (χ0) is 10.8. The lowest BCUT2D eigenvalue weighted by Gasteiger charge is -2.08. The molecule has 78 valence electrons. The largest absolute Gasteiger partial charge is 0.492 e. The van der Waals surface area contributed by atoms with E-state index in [-0.39, 0.29) is 10.9 Å². The molecule has 0 saturated carbocycles. The highest BCUT2D eigenvalue weighted by Crippen LogP contribution is 2.31. The number of benzene rings is 2. The predicted octanol–water partition coefficient (Wildman–Crippen LogP) is 3.09. The number of hydrogen-bond donors (Lipinski definition) is 0. The minimum atomic E-state index is 0.210. The molecule has 15 heavy (non-hydrogen) atoms. The van der Waals surface area contributed by atoms with Crippen molar-refractivity contribution < 1.29 is 4.74 Å². The molecule has 2 aromatic carbocycles. The molecule has 0 aromatic heterocycles. The molecule has 0 amide bonds. The Balaban J connectivity index is 2.79. The summed E-state index contributed by atoms with van der Waals surface area (Å²) in [6.07, 6.45) is 4.45. The van der Waals surface area contributed by atoms with Gasteiger partial charge in [-0.15, -0.1) is 0 Å². The summed E-state index contributed by atoms with van der Waals surface area (Å²) in [4.78, 5) is 1.33. The Morgan fingerprint density at radius 3 is 2.40 bits per heavy atom. The number of ether oxygens (including phenoxy) is 1. The lowest BCUT2D eigenvalue weighted by Crippen LogP contribution is -2.00. The summed E-state index contributed by atoms with van der Waals surface area (Å²) < 4.78 is 5.42. The first kappa shape index (κ1) is 10.4. The molecule has 2 rings (SSSR count). The molecule has 0 radical (unpaired) electrons. The Labute approximate surface area is 93.4 Å². The lowest BCUT2D eigenvalue weighted by molar-refractivity contribution is 0.406. The fourth-order valence-corrected chi connectivity index (χ4v) is 2.98. The van der Waals surface area contributed by atoms with Crippen molar-refractivity contribution in [1.82, 2.24) is 0 Å². The second kappa shape index (κ2) is 4.15. The lowest BCUT2D eigenvalue weighted by atomic mass is 10.1. The van der Waals surface area contributed by atoms with Crippen LogP contribution in [0.25, 0.3) is 10.8 Å². The average Bonchev–Trinajstić information content (AvgIpc) is 2.27. The van der Waals surface area contributed by atoms with E-state index >= 15 is 0 Å². The number of methoxy groups -OCH3 is 1. The van der Waals surface area contributed by atoms with Gasteiger partial charge in [0.15, 0.2) is 5.75 Å². The van der Waals surface area contributed by atoms with Gasteiger partial charge in [0.1, 0.15) is 12.5 Å². The van der Waals surface area contributed by atoms with Gasteiger partial charge in [-0.2, -0.15) is 0 Å². The first-order chi connectivity index (χ1) is 7.24. The maximum absolute atomic E-state index is 5.42. The maximum Gasteiger partial charge on any atom is 0.204 e.